The van der Waals surface area contributed by atoms with E-state index in [0.29, 0.717) is 0 Å². The van der Waals surface area contributed by atoms with Crippen molar-refractivity contribution in [1.82, 2.24) is 9.78 Å². The number of nitro benzene ring substituents is 1. The third kappa shape index (κ3) is 1.56. The van der Waals surface area contributed by atoms with E-state index >= 15 is 0 Å². The predicted molar refractivity (Wildman–Crippen MR) is 56.8 cm³/mol. The van der Waals surface area contributed by atoms with Gasteiger partial charge in [-0.15, -0.1) is 0 Å². The maximum atomic E-state index is 10.6. The Bertz CT molecular complexity index is 516. The number of fused-ring (bicyclic) bond motifs is 1. The SMILES string of the molecule is CC(C)n1ncc2ccc([N+](=O)[O-])cc21. The Labute approximate surface area is 86.5 Å². The fourth-order valence-electron chi connectivity index (χ4n) is 1.55. The Hall–Kier alpha value is -1.91. The van der Waals surface area contributed by atoms with Gasteiger partial charge in [-0.2, -0.15) is 5.10 Å². The van der Waals surface area contributed by atoms with Crippen molar-refractivity contribution in [3.8, 4) is 0 Å². The summed E-state index contributed by atoms with van der Waals surface area (Å²) in [5.41, 5.74) is 0.907. The molecule has 78 valence electrons. The molecule has 0 saturated heterocycles. The van der Waals surface area contributed by atoms with E-state index in [9.17, 15) is 10.1 Å². The third-order valence-corrected chi connectivity index (χ3v) is 2.28. The molecule has 1 aromatic heterocycles. The van der Waals surface area contributed by atoms with Crippen LogP contribution >= 0.6 is 0 Å². The quantitative estimate of drug-likeness (QED) is 0.559. The number of hydrogen-bond acceptors (Lipinski definition) is 3. The molecule has 5 nitrogen and oxygen atoms in total. The fraction of sp³-hybridized carbons (Fsp3) is 0.300. The van der Waals surface area contributed by atoms with Gasteiger partial charge in [0.25, 0.3) is 5.69 Å². The van der Waals surface area contributed by atoms with Crippen molar-refractivity contribution in [3.63, 3.8) is 0 Å². The van der Waals surface area contributed by atoms with Crippen molar-refractivity contribution in [1.29, 1.82) is 0 Å². The minimum absolute atomic E-state index is 0.102. The molecular weight excluding hydrogens is 194 g/mol. The van der Waals surface area contributed by atoms with Crippen LogP contribution in [0.1, 0.15) is 19.9 Å². The molecule has 0 unspecified atom stereocenters. The molecule has 2 aromatic rings. The summed E-state index contributed by atoms with van der Waals surface area (Å²) in [6.45, 7) is 3.98. The van der Waals surface area contributed by atoms with Crippen LogP contribution in [0.3, 0.4) is 0 Å². The lowest BCUT2D eigenvalue weighted by Crippen LogP contribution is -2.02. The normalized spacial score (nSPS) is 11.1. The molecular formula is C10H11N3O2. The van der Waals surface area contributed by atoms with E-state index in [-0.39, 0.29) is 11.7 Å². The topological polar surface area (TPSA) is 61.0 Å². The molecule has 2 rings (SSSR count). The third-order valence-electron chi connectivity index (χ3n) is 2.28. The standard InChI is InChI=1S/C10H11N3O2/c1-7(2)12-10-5-9(13(14)15)4-3-8(10)6-11-12/h3-7H,1-2H3. The Morgan fingerprint density at radius 1 is 1.47 bits per heavy atom. The largest absolute Gasteiger partial charge is 0.271 e. The minimum atomic E-state index is -0.392. The molecule has 0 atom stereocenters. The van der Waals surface area contributed by atoms with Gasteiger partial charge in [-0.3, -0.25) is 14.8 Å². The molecule has 1 aromatic carbocycles. The van der Waals surface area contributed by atoms with Crippen molar-refractivity contribution in [2.45, 2.75) is 19.9 Å². The van der Waals surface area contributed by atoms with Crippen molar-refractivity contribution in [2.24, 2.45) is 0 Å². The van der Waals surface area contributed by atoms with Crippen LogP contribution in [0.2, 0.25) is 0 Å². The van der Waals surface area contributed by atoms with Crippen molar-refractivity contribution in [3.05, 3.63) is 34.5 Å². The summed E-state index contributed by atoms with van der Waals surface area (Å²) >= 11 is 0. The van der Waals surface area contributed by atoms with Crippen LogP contribution in [0.25, 0.3) is 10.9 Å². The number of benzene rings is 1. The van der Waals surface area contributed by atoms with E-state index < -0.39 is 4.92 Å². The zero-order chi connectivity index (χ0) is 11.0. The van der Waals surface area contributed by atoms with E-state index in [1.807, 2.05) is 13.8 Å². The Balaban J connectivity index is 2.66. The number of aromatic nitrogens is 2. The second-order valence-electron chi connectivity index (χ2n) is 3.68. The number of rotatable bonds is 2. The Morgan fingerprint density at radius 2 is 2.20 bits per heavy atom. The average Bonchev–Trinajstić information content (AvgIpc) is 2.59. The van der Waals surface area contributed by atoms with E-state index in [1.165, 1.54) is 6.07 Å². The van der Waals surface area contributed by atoms with E-state index in [2.05, 4.69) is 5.10 Å². The van der Waals surface area contributed by atoms with Crippen LogP contribution < -0.4 is 0 Å². The zero-order valence-corrected chi connectivity index (χ0v) is 8.54. The van der Waals surface area contributed by atoms with E-state index in [4.69, 9.17) is 0 Å². The summed E-state index contributed by atoms with van der Waals surface area (Å²) in [7, 11) is 0. The summed E-state index contributed by atoms with van der Waals surface area (Å²) in [5.74, 6) is 0. The number of nitro groups is 1. The van der Waals surface area contributed by atoms with Gasteiger partial charge in [-0.05, 0) is 19.9 Å². The first-order chi connectivity index (χ1) is 7.09. The first-order valence-corrected chi connectivity index (χ1v) is 4.71. The Morgan fingerprint density at radius 3 is 2.80 bits per heavy atom. The summed E-state index contributed by atoms with van der Waals surface area (Å²) < 4.78 is 1.78. The summed E-state index contributed by atoms with van der Waals surface area (Å²) in [4.78, 5) is 10.2. The molecule has 0 fully saturated rings. The first-order valence-electron chi connectivity index (χ1n) is 4.71. The molecule has 0 aliphatic rings. The summed E-state index contributed by atoms with van der Waals surface area (Å²) in [5, 5.41) is 15.7. The molecule has 0 saturated carbocycles. The van der Waals surface area contributed by atoms with Crippen LogP contribution in [0.5, 0.6) is 0 Å². The van der Waals surface area contributed by atoms with Crippen LogP contribution in [0.15, 0.2) is 24.4 Å². The molecule has 0 N–H and O–H groups in total. The zero-order valence-electron chi connectivity index (χ0n) is 8.54. The highest BCUT2D eigenvalue weighted by molar-refractivity contribution is 5.81. The van der Waals surface area contributed by atoms with Crippen LogP contribution in [0.4, 0.5) is 5.69 Å². The maximum absolute atomic E-state index is 10.6. The molecule has 0 aliphatic carbocycles. The van der Waals surface area contributed by atoms with Gasteiger partial charge in [-0.25, -0.2) is 0 Å². The maximum Gasteiger partial charge on any atom is 0.271 e. The van der Waals surface area contributed by atoms with Crippen LogP contribution in [-0.2, 0) is 0 Å². The molecule has 15 heavy (non-hydrogen) atoms. The van der Waals surface area contributed by atoms with Gasteiger partial charge >= 0.3 is 0 Å². The molecule has 0 aliphatic heterocycles. The monoisotopic (exact) mass is 205 g/mol. The summed E-state index contributed by atoms with van der Waals surface area (Å²) in [6, 6.07) is 4.97. The average molecular weight is 205 g/mol. The number of nitrogens with zero attached hydrogens (tertiary/aromatic N) is 3. The van der Waals surface area contributed by atoms with Gasteiger partial charge in [0.2, 0.25) is 0 Å². The van der Waals surface area contributed by atoms with Crippen molar-refractivity contribution >= 4 is 16.6 Å². The second kappa shape index (κ2) is 3.34. The van der Waals surface area contributed by atoms with E-state index in [1.54, 1.807) is 23.0 Å². The van der Waals surface area contributed by atoms with Gasteiger partial charge < -0.3 is 0 Å². The molecule has 0 spiro atoms. The van der Waals surface area contributed by atoms with Gasteiger partial charge in [0, 0.05) is 23.6 Å². The molecule has 5 heteroatoms. The van der Waals surface area contributed by atoms with Gasteiger partial charge in [0.15, 0.2) is 0 Å². The first kappa shape index (κ1) is 9.64. The van der Waals surface area contributed by atoms with Crippen molar-refractivity contribution < 1.29 is 4.92 Å². The minimum Gasteiger partial charge on any atom is -0.262 e. The molecule has 0 amide bonds. The van der Waals surface area contributed by atoms with Crippen LogP contribution in [0, 0.1) is 10.1 Å². The predicted octanol–water partition coefficient (Wildman–Crippen LogP) is 2.53. The lowest BCUT2D eigenvalue weighted by Gasteiger charge is -2.06. The lowest BCUT2D eigenvalue weighted by molar-refractivity contribution is -0.384. The second-order valence-corrected chi connectivity index (χ2v) is 3.68. The number of non-ortho nitro benzene ring substituents is 1. The van der Waals surface area contributed by atoms with Gasteiger partial charge in [0.1, 0.15) is 0 Å². The molecule has 1 heterocycles. The highest BCUT2D eigenvalue weighted by atomic mass is 16.6. The number of hydrogen-bond donors (Lipinski definition) is 0. The Kier molecular flexibility index (Phi) is 2.15. The fourth-order valence-corrected chi connectivity index (χ4v) is 1.55. The van der Waals surface area contributed by atoms with E-state index in [0.717, 1.165) is 10.9 Å². The smallest absolute Gasteiger partial charge is 0.262 e. The van der Waals surface area contributed by atoms with Crippen molar-refractivity contribution in [2.75, 3.05) is 0 Å². The van der Waals surface area contributed by atoms with Gasteiger partial charge in [-0.1, -0.05) is 0 Å². The highest BCUT2D eigenvalue weighted by Crippen LogP contribution is 2.22. The van der Waals surface area contributed by atoms with Crippen LogP contribution in [-0.4, -0.2) is 14.7 Å². The van der Waals surface area contributed by atoms with Gasteiger partial charge in [0.05, 0.1) is 16.6 Å². The molecule has 0 radical (unpaired) electrons. The lowest BCUT2D eigenvalue weighted by atomic mass is 10.2. The highest BCUT2D eigenvalue weighted by Gasteiger charge is 2.11. The summed E-state index contributed by atoms with van der Waals surface area (Å²) in [6.07, 6.45) is 1.72. The molecule has 0 bridgehead atoms.